The number of likely N-dealkylation sites (tertiary alicyclic amines) is 1. The number of methoxy groups -OCH3 is 1. The number of anilines is 2. The quantitative estimate of drug-likeness (QED) is 0.706. The largest absolute Gasteiger partial charge is 0.497 e. The molecule has 1 fully saturated rings. The van der Waals surface area contributed by atoms with Crippen LogP contribution in [0.25, 0.3) is 0 Å². The standard InChI is InChI=1S/C21H24N6O/c1-28-19-6-4-16(5-7-19)13-27-10-2-3-17(14-27)20-8-9-24-21(26-20)25-18-11-22-15-23-12-18/h4-9,11-12,15,17H,2-3,10,13-14H2,1H3,(H,24,25,26). The Balaban J connectivity index is 1.41. The van der Waals surface area contributed by atoms with Crippen molar-refractivity contribution in [1.29, 1.82) is 0 Å². The molecular formula is C21H24N6O. The predicted molar refractivity (Wildman–Crippen MR) is 108 cm³/mol. The minimum Gasteiger partial charge on any atom is -0.497 e. The Morgan fingerprint density at radius 3 is 2.75 bits per heavy atom. The van der Waals surface area contributed by atoms with Gasteiger partial charge in [0.25, 0.3) is 0 Å². The Morgan fingerprint density at radius 2 is 1.96 bits per heavy atom. The molecule has 1 N–H and O–H groups in total. The molecule has 1 unspecified atom stereocenters. The molecule has 0 aliphatic carbocycles. The van der Waals surface area contributed by atoms with Crippen LogP contribution in [0.3, 0.4) is 0 Å². The summed E-state index contributed by atoms with van der Waals surface area (Å²) in [6, 6.07) is 10.3. The summed E-state index contributed by atoms with van der Waals surface area (Å²) in [5.74, 6) is 1.88. The van der Waals surface area contributed by atoms with Crippen LogP contribution in [0.2, 0.25) is 0 Å². The number of nitrogens with zero attached hydrogens (tertiary/aromatic N) is 5. The molecule has 3 aromatic rings. The summed E-state index contributed by atoms with van der Waals surface area (Å²) in [6.07, 6.45) is 9.05. The highest BCUT2D eigenvalue weighted by molar-refractivity contribution is 5.49. The molecule has 7 nitrogen and oxygen atoms in total. The lowest BCUT2D eigenvalue weighted by atomic mass is 9.94. The third kappa shape index (κ3) is 4.61. The number of rotatable bonds is 6. The van der Waals surface area contributed by atoms with Gasteiger partial charge in [-0.25, -0.2) is 19.9 Å². The van der Waals surface area contributed by atoms with E-state index in [1.165, 1.54) is 18.3 Å². The number of hydrogen-bond donors (Lipinski definition) is 1. The highest BCUT2D eigenvalue weighted by Crippen LogP contribution is 2.27. The van der Waals surface area contributed by atoms with E-state index in [2.05, 4.69) is 37.3 Å². The lowest BCUT2D eigenvalue weighted by Crippen LogP contribution is -2.34. The van der Waals surface area contributed by atoms with Crippen LogP contribution in [0.15, 0.2) is 55.2 Å². The fourth-order valence-electron chi connectivity index (χ4n) is 3.58. The van der Waals surface area contributed by atoms with Gasteiger partial charge in [0.2, 0.25) is 5.95 Å². The maximum absolute atomic E-state index is 5.25. The number of hydrogen-bond acceptors (Lipinski definition) is 7. The molecule has 7 heteroatoms. The van der Waals surface area contributed by atoms with Gasteiger partial charge in [0.1, 0.15) is 12.1 Å². The van der Waals surface area contributed by atoms with E-state index in [4.69, 9.17) is 9.72 Å². The van der Waals surface area contributed by atoms with Crippen LogP contribution in [-0.2, 0) is 6.54 Å². The van der Waals surface area contributed by atoms with Crippen LogP contribution in [0.1, 0.15) is 30.0 Å². The Morgan fingerprint density at radius 1 is 1.14 bits per heavy atom. The summed E-state index contributed by atoms with van der Waals surface area (Å²) < 4.78 is 5.25. The third-order valence-electron chi connectivity index (χ3n) is 4.98. The van der Waals surface area contributed by atoms with Gasteiger partial charge in [0.15, 0.2) is 0 Å². The van der Waals surface area contributed by atoms with Crippen molar-refractivity contribution in [2.45, 2.75) is 25.3 Å². The summed E-state index contributed by atoms with van der Waals surface area (Å²) in [5.41, 5.74) is 3.16. The van der Waals surface area contributed by atoms with E-state index < -0.39 is 0 Å². The molecule has 0 bridgehead atoms. The van der Waals surface area contributed by atoms with Crippen molar-refractivity contribution < 1.29 is 4.74 Å². The van der Waals surface area contributed by atoms with Crippen molar-refractivity contribution in [1.82, 2.24) is 24.8 Å². The molecule has 2 aromatic heterocycles. The number of piperidine rings is 1. The van der Waals surface area contributed by atoms with Gasteiger partial charge in [-0.15, -0.1) is 0 Å². The fraction of sp³-hybridized carbons (Fsp3) is 0.333. The Bertz CT molecular complexity index is 887. The highest BCUT2D eigenvalue weighted by atomic mass is 16.5. The highest BCUT2D eigenvalue weighted by Gasteiger charge is 2.23. The maximum Gasteiger partial charge on any atom is 0.227 e. The number of benzene rings is 1. The molecule has 0 amide bonds. The first-order chi connectivity index (χ1) is 13.8. The molecule has 1 aliphatic rings. The van der Waals surface area contributed by atoms with Crippen LogP contribution in [0.5, 0.6) is 5.75 Å². The molecule has 1 saturated heterocycles. The lowest BCUT2D eigenvalue weighted by molar-refractivity contribution is 0.198. The molecule has 4 rings (SSSR count). The van der Waals surface area contributed by atoms with Crippen molar-refractivity contribution in [2.75, 3.05) is 25.5 Å². The van der Waals surface area contributed by atoms with Crippen LogP contribution < -0.4 is 10.1 Å². The molecule has 3 heterocycles. The first kappa shape index (κ1) is 18.3. The normalized spacial score (nSPS) is 17.2. The number of aromatic nitrogens is 4. The van der Waals surface area contributed by atoms with Crippen molar-refractivity contribution in [2.24, 2.45) is 0 Å². The van der Waals surface area contributed by atoms with E-state index in [1.54, 1.807) is 19.5 Å². The second-order valence-corrected chi connectivity index (χ2v) is 6.98. The molecule has 0 saturated carbocycles. The van der Waals surface area contributed by atoms with Crippen LogP contribution in [0.4, 0.5) is 11.6 Å². The van der Waals surface area contributed by atoms with Crippen LogP contribution in [-0.4, -0.2) is 45.0 Å². The average Bonchev–Trinajstić information content (AvgIpc) is 2.75. The summed E-state index contributed by atoms with van der Waals surface area (Å²) in [4.78, 5) is 19.6. The molecule has 1 aromatic carbocycles. The molecule has 1 aliphatic heterocycles. The first-order valence-corrected chi connectivity index (χ1v) is 9.50. The monoisotopic (exact) mass is 376 g/mol. The minimum atomic E-state index is 0.405. The van der Waals surface area contributed by atoms with E-state index in [0.717, 1.165) is 43.2 Å². The zero-order valence-electron chi connectivity index (χ0n) is 16.0. The summed E-state index contributed by atoms with van der Waals surface area (Å²) in [7, 11) is 1.69. The average molecular weight is 376 g/mol. The minimum absolute atomic E-state index is 0.405. The van der Waals surface area contributed by atoms with Gasteiger partial charge in [-0.3, -0.25) is 4.90 Å². The second kappa shape index (κ2) is 8.75. The van der Waals surface area contributed by atoms with E-state index in [0.29, 0.717) is 11.9 Å². The smallest absolute Gasteiger partial charge is 0.227 e. The van der Waals surface area contributed by atoms with Crippen molar-refractivity contribution >= 4 is 11.6 Å². The number of ether oxygens (including phenoxy) is 1. The zero-order valence-corrected chi connectivity index (χ0v) is 16.0. The maximum atomic E-state index is 5.25. The molecule has 0 radical (unpaired) electrons. The fourth-order valence-corrected chi connectivity index (χ4v) is 3.58. The zero-order chi connectivity index (χ0) is 19.2. The van der Waals surface area contributed by atoms with Gasteiger partial charge >= 0.3 is 0 Å². The lowest BCUT2D eigenvalue weighted by Gasteiger charge is -2.32. The van der Waals surface area contributed by atoms with Gasteiger partial charge in [0, 0.05) is 25.2 Å². The number of nitrogens with one attached hydrogen (secondary N) is 1. The van der Waals surface area contributed by atoms with Gasteiger partial charge in [-0.2, -0.15) is 0 Å². The topological polar surface area (TPSA) is 76.1 Å². The summed E-state index contributed by atoms with van der Waals surface area (Å²) in [5, 5.41) is 3.17. The van der Waals surface area contributed by atoms with Crippen molar-refractivity contribution in [3.8, 4) is 5.75 Å². The van der Waals surface area contributed by atoms with Gasteiger partial charge in [-0.05, 0) is 43.1 Å². The second-order valence-electron chi connectivity index (χ2n) is 6.98. The molecular weight excluding hydrogens is 352 g/mol. The molecule has 0 spiro atoms. The molecule has 144 valence electrons. The Hall–Kier alpha value is -3.06. The van der Waals surface area contributed by atoms with Crippen molar-refractivity contribution in [3.05, 3.63) is 66.5 Å². The predicted octanol–water partition coefficient (Wildman–Crippen LogP) is 3.40. The van der Waals surface area contributed by atoms with E-state index in [-0.39, 0.29) is 0 Å². The van der Waals surface area contributed by atoms with Crippen LogP contribution in [0, 0.1) is 0 Å². The first-order valence-electron chi connectivity index (χ1n) is 9.50. The van der Waals surface area contributed by atoms with Crippen LogP contribution >= 0.6 is 0 Å². The van der Waals surface area contributed by atoms with E-state index >= 15 is 0 Å². The Kier molecular flexibility index (Phi) is 5.72. The van der Waals surface area contributed by atoms with Gasteiger partial charge in [-0.1, -0.05) is 12.1 Å². The molecule has 1 atom stereocenters. The van der Waals surface area contributed by atoms with Gasteiger partial charge < -0.3 is 10.1 Å². The SMILES string of the molecule is COc1ccc(CN2CCCC(c3ccnc(Nc4cncnc4)n3)C2)cc1. The third-order valence-corrected chi connectivity index (χ3v) is 4.98. The van der Waals surface area contributed by atoms with Gasteiger partial charge in [0.05, 0.1) is 30.9 Å². The summed E-state index contributed by atoms with van der Waals surface area (Å²) >= 11 is 0. The summed E-state index contributed by atoms with van der Waals surface area (Å²) in [6.45, 7) is 3.05. The van der Waals surface area contributed by atoms with E-state index in [1.807, 2.05) is 24.4 Å². The van der Waals surface area contributed by atoms with Crippen molar-refractivity contribution in [3.63, 3.8) is 0 Å². The Labute approximate surface area is 164 Å². The molecule has 28 heavy (non-hydrogen) atoms. The van der Waals surface area contributed by atoms with E-state index in [9.17, 15) is 0 Å².